The molecule has 1 aliphatic heterocycles. The fourth-order valence-electron chi connectivity index (χ4n) is 5.64. The molecule has 4 atom stereocenters. The summed E-state index contributed by atoms with van der Waals surface area (Å²) in [5.74, 6) is 3.29. The zero-order valence-corrected chi connectivity index (χ0v) is 14.4. The summed E-state index contributed by atoms with van der Waals surface area (Å²) in [5.41, 5.74) is 1.44. The summed E-state index contributed by atoms with van der Waals surface area (Å²) in [6.45, 7) is 1.71. The molecule has 0 spiro atoms. The molecule has 1 saturated heterocycles. The molecule has 3 amide bonds. The van der Waals surface area contributed by atoms with Crippen molar-refractivity contribution < 1.29 is 9.59 Å². The van der Waals surface area contributed by atoms with Crippen molar-refractivity contribution in [1.82, 2.24) is 10.2 Å². The second kappa shape index (κ2) is 5.75. The van der Waals surface area contributed by atoms with Crippen molar-refractivity contribution in [2.45, 2.75) is 38.1 Å². The maximum Gasteiger partial charge on any atom is 0.319 e. The molecule has 4 unspecified atom stereocenters. The predicted molar refractivity (Wildman–Crippen MR) is 95.3 cm³/mol. The van der Waals surface area contributed by atoms with Crippen molar-refractivity contribution in [2.75, 3.05) is 18.4 Å². The monoisotopic (exact) mass is 339 g/mol. The molecule has 0 radical (unpaired) electrons. The van der Waals surface area contributed by atoms with Gasteiger partial charge < -0.3 is 15.5 Å². The Morgan fingerprint density at radius 1 is 0.960 bits per heavy atom. The quantitative estimate of drug-likeness (QED) is 0.889. The number of carbonyl (C=O) groups is 2. The highest BCUT2D eigenvalue weighted by Crippen LogP contribution is 2.65. The van der Waals surface area contributed by atoms with Gasteiger partial charge in [0.25, 0.3) is 5.91 Å². The van der Waals surface area contributed by atoms with Gasteiger partial charge in [0, 0.05) is 30.4 Å². The van der Waals surface area contributed by atoms with Crippen molar-refractivity contribution in [2.24, 2.45) is 23.7 Å². The van der Waals surface area contributed by atoms with Crippen LogP contribution in [0.1, 0.15) is 42.5 Å². The van der Waals surface area contributed by atoms with E-state index >= 15 is 0 Å². The van der Waals surface area contributed by atoms with Crippen LogP contribution in [0.2, 0.25) is 0 Å². The summed E-state index contributed by atoms with van der Waals surface area (Å²) in [5, 5.41) is 6.08. The molecular formula is C20H25N3O2. The molecular weight excluding hydrogens is 314 g/mol. The van der Waals surface area contributed by atoms with Gasteiger partial charge in [-0.05, 0) is 80.0 Å². The summed E-state index contributed by atoms with van der Waals surface area (Å²) in [6, 6.07) is 7.53. The van der Waals surface area contributed by atoms with E-state index in [0.29, 0.717) is 11.6 Å². The van der Waals surface area contributed by atoms with Crippen LogP contribution >= 0.6 is 0 Å². The number of anilines is 1. The number of hydrogen-bond donors (Lipinski definition) is 2. The van der Waals surface area contributed by atoms with Gasteiger partial charge in [-0.25, -0.2) is 4.79 Å². The molecule has 1 heterocycles. The molecule has 1 aromatic rings. The molecule has 2 N–H and O–H groups in total. The molecule has 25 heavy (non-hydrogen) atoms. The molecule has 4 aliphatic rings. The van der Waals surface area contributed by atoms with Gasteiger partial charge >= 0.3 is 6.03 Å². The largest absolute Gasteiger partial charge is 0.339 e. The van der Waals surface area contributed by atoms with Gasteiger partial charge in [0.2, 0.25) is 0 Å². The van der Waals surface area contributed by atoms with Gasteiger partial charge in [-0.15, -0.1) is 0 Å². The Morgan fingerprint density at radius 2 is 1.60 bits per heavy atom. The van der Waals surface area contributed by atoms with Crippen LogP contribution in [0.15, 0.2) is 24.3 Å². The second-order valence-corrected chi connectivity index (χ2v) is 8.19. The first-order chi connectivity index (χ1) is 12.2. The molecule has 1 aromatic carbocycles. The van der Waals surface area contributed by atoms with Gasteiger partial charge in [0.15, 0.2) is 0 Å². The molecule has 5 nitrogen and oxygen atoms in total. The van der Waals surface area contributed by atoms with E-state index in [4.69, 9.17) is 0 Å². The van der Waals surface area contributed by atoms with E-state index in [1.165, 1.54) is 19.3 Å². The van der Waals surface area contributed by atoms with E-state index in [1.54, 1.807) is 0 Å². The Bertz CT molecular complexity index is 679. The lowest BCUT2D eigenvalue weighted by Gasteiger charge is -2.15. The van der Waals surface area contributed by atoms with E-state index in [2.05, 4.69) is 10.6 Å². The van der Waals surface area contributed by atoms with Crippen molar-refractivity contribution in [3.8, 4) is 0 Å². The number of urea groups is 1. The van der Waals surface area contributed by atoms with Crippen molar-refractivity contribution in [1.29, 1.82) is 0 Å². The molecule has 3 saturated carbocycles. The maximum atomic E-state index is 12.3. The SMILES string of the molecule is O=C(Nc1ccc(C(=O)N2CCCC2)cc1)NC1C2C3CCC(C3)C12. The lowest BCUT2D eigenvalue weighted by molar-refractivity contribution is 0.0793. The van der Waals surface area contributed by atoms with Gasteiger partial charge in [-0.1, -0.05) is 0 Å². The zero-order chi connectivity index (χ0) is 17.0. The Balaban J connectivity index is 1.16. The normalized spacial score (nSPS) is 34.7. The molecule has 5 rings (SSSR count). The average Bonchev–Trinajstić information content (AvgIpc) is 3.09. The predicted octanol–water partition coefficient (Wildman–Crippen LogP) is 3.09. The van der Waals surface area contributed by atoms with Crippen LogP contribution in [-0.4, -0.2) is 36.0 Å². The van der Waals surface area contributed by atoms with Crippen LogP contribution in [0.5, 0.6) is 0 Å². The summed E-state index contributed by atoms with van der Waals surface area (Å²) >= 11 is 0. The van der Waals surface area contributed by atoms with Gasteiger partial charge in [0.05, 0.1) is 0 Å². The minimum atomic E-state index is -0.114. The Hall–Kier alpha value is -2.04. The number of nitrogens with zero attached hydrogens (tertiary/aromatic N) is 1. The van der Waals surface area contributed by atoms with Crippen LogP contribution in [-0.2, 0) is 0 Å². The Kier molecular flexibility index (Phi) is 3.50. The van der Waals surface area contributed by atoms with E-state index in [-0.39, 0.29) is 11.9 Å². The van der Waals surface area contributed by atoms with Crippen molar-refractivity contribution in [3.63, 3.8) is 0 Å². The smallest absolute Gasteiger partial charge is 0.319 e. The topological polar surface area (TPSA) is 61.4 Å². The third-order valence-electron chi connectivity index (χ3n) is 6.82. The molecule has 0 aromatic heterocycles. The number of amides is 3. The fourth-order valence-corrected chi connectivity index (χ4v) is 5.64. The van der Waals surface area contributed by atoms with Crippen LogP contribution in [0.4, 0.5) is 10.5 Å². The number of likely N-dealkylation sites (tertiary alicyclic amines) is 1. The standard InChI is InChI=1S/C20H25N3O2/c24-19(23-9-1-2-10-23)12-5-7-15(8-6-12)21-20(25)22-18-16-13-3-4-14(11-13)17(16)18/h5-8,13-14,16-18H,1-4,9-11H2,(H2,21,22,25). The summed E-state index contributed by atoms with van der Waals surface area (Å²) < 4.78 is 0. The third kappa shape index (κ3) is 2.60. The number of rotatable bonds is 3. The minimum Gasteiger partial charge on any atom is -0.339 e. The number of hydrogen-bond acceptors (Lipinski definition) is 2. The van der Waals surface area contributed by atoms with Crippen LogP contribution < -0.4 is 10.6 Å². The Labute approximate surface area is 148 Å². The van der Waals surface area contributed by atoms with Crippen LogP contribution in [0, 0.1) is 23.7 Å². The van der Waals surface area contributed by atoms with Crippen LogP contribution in [0.25, 0.3) is 0 Å². The lowest BCUT2D eigenvalue weighted by Crippen LogP contribution is -2.33. The second-order valence-electron chi connectivity index (χ2n) is 8.19. The Morgan fingerprint density at radius 3 is 2.24 bits per heavy atom. The number of benzene rings is 1. The molecule has 132 valence electrons. The van der Waals surface area contributed by atoms with E-state index < -0.39 is 0 Å². The van der Waals surface area contributed by atoms with Gasteiger partial charge in [0.1, 0.15) is 0 Å². The first kappa shape index (κ1) is 15.2. The third-order valence-corrected chi connectivity index (χ3v) is 6.82. The van der Waals surface area contributed by atoms with Gasteiger partial charge in [-0.2, -0.15) is 0 Å². The highest BCUT2D eigenvalue weighted by atomic mass is 16.2. The van der Waals surface area contributed by atoms with Crippen molar-refractivity contribution >= 4 is 17.6 Å². The van der Waals surface area contributed by atoms with Crippen LogP contribution in [0.3, 0.4) is 0 Å². The number of carbonyl (C=O) groups excluding carboxylic acids is 2. The van der Waals surface area contributed by atoms with E-state index in [0.717, 1.165) is 55.3 Å². The molecule has 5 heteroatoms. The van der Waals surface area contributed by atoms with Crippen molar-refractivity contribution in [3.05, 3.63) is 29.8 Å². The molecule has 3 aliphatic carbocycles. The van der Waals surface area contributed by atoms with E-state index in [1.807, 2.05) is 29.2 Å². The molecule has 2 bridgehead atoms. The summed E-state index contributed by atoms with van der Waals surface area (Å²) in [4.78, 5) is 26.5. The average molecular weight is 339 g/mol. The maximum absolute atomic E-state index is 12.3. The highest BCUT2D eigenvalue weighted by molar-refractivity contribution is 5.95. The highest BCUT2D eigenvalue weighted by Gasteiger charge is 2.65. The zero-order valence-electron chi connectivity index (χ0n) is 14.4. The minimum absolute atomic E-state index is 0.0924. The number of nitrogens with one attached hydrogen (secondary N) is 2. The van der Waals surface area contributed by atoms with E-state index in [9.17, 15) is 9.59 Å². The lowest BCUT2D eigenvalue weighted by atomic mass is 10.0. The fraction of sp³-hybridized carbons (Fsp3) is 0.600. The first-order valence-electron chi connectivity index (χ1n) is 9.67. The summed E-state index contributed by atoms with van der Waals surface area (Å²) in [7, 11) is 0. The first-order valence-corrected chi connectivity index (χ1v) is 9.67. The molecule has 4 fully saturated rings. The number of fused-ring (bicyclic) bond motifs is 5. The van der Waals surface area contributed by atoms with Gasteiger partial charge in [-0.3, -0.25) is 4.79 Å². The summed E-state index contributed by atoms with van der Waals surface area (Å²) in [6.07, 6.45) is 6.30.